The Hall–Kier alpha value is -2.11. The molecule has 2 heterocycles. The number of likely N-dealkylation sites (tertiary alicyclic amines) is 1. The molecule has 140 valence electrons. The Morgan fingerprint density at radius 2 is 1.96 bits per heavy atom. The van der Waals surface area contributed by atoms with Crippen LogP contribution in [0.25, 0.3) is 0 Å². The number of hydrogen-bond donors (Lipinski definition) is 1. The first-order valence-electron chi connectivity index (χ1n) is 9.36. The van der Waals surface area contributed by atoms with Crippen molar-refractivity contribution in [1.29, 1.82) is 0 Å². The molecule has 2 aromatic rings. The number of amides is 1. The molecule has 3 rings (SSSR count). The predicted octanol–water partition coefficient (Wildman–Crippen LogP) is 3.11. The van der Waals surface area contributed by atoms with Gasteiger partial charge in [0.2, 0.25) is 0 Å². The Balaban J connectivity index is 1.42. The summed E-state index contributed by atoms with van der Waals surface area (Å²) >= 11 is 0. The summed E-state index contributed by atoms with van der Waals surface area (Å²) < 4.78 is 10.6. The summed E-state index contributed by atoms with van der Waals surface area (Å²) in [5.74, 6) is 1.79. The maximum absolute atomic E-state index is 12.0. The number of nitrogens with one attached hydrogen (secondary N) is 1. The highest BCUT2D eigenvalue weighted by Crippen LogP contribution is 2.23. The van der Waals surface area contributed by atoms with Crippen LogP contribution >= 0.6 is 0 Å². The Labute approximate surface area is 155 Å². The van der Waals surface area contributed by atoms with Gasteiger partial charge in [-0.1, -0.05) is 30.3 Å². The molecule has 1 aliphatic rings. The fourth-order valence-corrected chi connectivity index (χ4v) is 3.46. The molecule has 1 aromatic carbocycles. The number of furan rings is 1. The number of nitrogens with zero attached hydrogens (tertiary/aromatic N) is 1. The number of benzene rings is 1. The highest BCUT2D eigenvalue weighted by molar-refractivity contribution is 5.91. The third-order valence-corrected chi connectivity index (χ3v) is 4.93. The Morgan fingerprint density at radius 1 is 1.19 bits per heavy atom. The summed E-state index contributed by atoms with van der Waals surface area (Å²) in [7, 11) is 1.61. The van der Waals surface area contributed by atoms with Crippen molar-refractivity contribution >= 4 is 5.91 Å². The van der Waals surface area contributed by atoms with E-state index in [2.05, 4.69) is 40.5 Å². The van der Waals surface area contributed by atoms with Gasteiger partial charge in [-0.05, 0) is 56.0 Å². The van der Waals surface area contributed by atoms with Gasteiger partial charge in [-0.2, -0.15) is 0 Å². The van der Waals surface area contributed by atoms with E-state index in [1.165, 1.54) is 24.8 Å². The van der Waals surface area contributed by atoms with Gasteiger partial charge in [0, 0.05) is 13.7 Å². The molecule has 1 amide bonds. The highest BCUT2D eigenvalue weighted by atomic mass is 16.5. The van der Waals surface area contributed by atoms with Crippen molar-refractivity contribution in [2.45, 2.75) is 25.8 Å². The first kappa shape index (κ1) is 18.7. The SMILES string of the molecule is COCCNC(=O)c1ccc(CN2CCC(Cc3ccccc3)CC2)o1. The monoisotopic (exact) mass is 356 g/mol. The summed E-state index contributed by atoms with van der Waals surface area (Å²) in [5, 5.41) is 2.77. The van der Waals surface area contributed by atoms with Crippen molar-refractivity contribution in [2.75, 3.05) is 33.4 Å². The standard InChI is InChI=1S/C21H28N2O3/c1-25-14-11-22-21(24)20-8-7-19(26-20)16-23-12-9-18(10-13-23)15-17-5-3-2-4-6-17/h2-8,18H,9-16H2,1H3,(H,22,24). The van der Waals surface area contributed by atoms with Crippen molar-refractivity contribution in [2.24, 2.45) is 5.92 Å². The maximum Gasteiger partial charge on any atom is 0.287 e. The van der Waals surface area contributed by atoms with Gasteiger partial charge in [-0.15, -0.1) is 0 Å². The van der Waals surface area contributed by atoms with Crippen molar-refractivity contribution in [3.63, 3.8) is 0 Å². The molecule has 0 saturated carbocycles. The molecular formula is C21H28N2O3. The largest absolute Gasteiger partial charge is 0.455 e. The number of hydrogen-bond acceptors (Lipinski definition) is 4. The summed E-state index contributed by atoms with van der Waals surface area (Å²) in [5.41, 5.74) is 1.43. The molecule has 0 spiro atoms. The minimum atomic E-state index is -0.185. The lowest BCUT2D eigenvalue weighted by molar-refractivity contribution is 0.0904. The fourth-order valence-electron chi connectivity index (χ4n) is 3.46. The third-order valence-electron chi connectivity index (χ3n) is 4.93. The molecule has 0 atom stereocenters. The van der Waals surface area contributed by atoms with E-state index in [4.69, 9.17) is 9.15 Å². The second-order valence-corrected chi connectivity index (χ2v) is 6.92. The smallest absolute Gasteiger partial charge is 0.287 e. The van der Waals surface area contributed by atoms with Crippen molar-refractivity contribution in [3.05, 3.63) is 59.5 Å². The van der Waals surface area contributed by atoms with E-state index in [1.807, 2.05) is 6.07 Å². The van der Waals surface area contributed by atoms with Gasteiger partial charge in [0.15, 0.2) is 5.76 Å². The topological polar surface area (TPSA) is 54.7 Å². The zero-order chi connectivity index (χ0) is 18.2. The van der Waals surface area contributed by atoms with E-state index in [9.17, 15) is 4.79 Å². The van der Waals surface area contributed by atoms with Crippen LogP contribution in [0.3, 0.4) is 0 Å². The molecule has 26 heavy (non-hydrogen) atoms. The van der Waals surface area contributed by atoms with E-state index in [0.717, 1.165) is 31.3 Å². The second-order valence-electron chi connectivity index (χ2n) is 6.92. The van der Waals surface area contributed by atoms with Crippen LogP contribution in [0.15, 0.2) is 46.9 Å². The lowest BCUT2D eigenvalue weighted by Crippen LogP contribution is -2.33. The van der Waals surface area contributed by atoms with Crippen LogP contribution in [0.1, 0.15) is 34.7 Å². The summed E-state index contributed by atoms with van der Waals surface area (Å²) in [6.45, 7) is 3.90. The van der Waals surface area contributed by atoms with Gasteiger partial charge < -0.3 is 14.5 Å². The number of rotatable bonds is 8. The van der Waals surface area contributed by atoms with Crippen molar-refractivity contribution in [3.8, 4) is 0 Å². The second kappa shape index (κ2) is 9.55. The summed E-state index contributed by atoms with van der Waals surface area (Å²) in [6.07, 6.45) is 3.58. The Bertz CT molecular complexity index is 676. The molecule has 0 unspecified atom stereocenters. The average molecular weight is 356 g/mol. The summed E-state index contributed by atoms with van der Waals surface area (Å²) in [4.78, 5) is 14.4. The Kier molecular flexibility index (Phi) is 6.86. The van der Waals surface area contributed by atoms with E-state index in [-0.39, 0.29) is 5.91 Å². The van der Waals surface area contributed by atoms with Gasteiger partial charge >= 0.3 is 0 Å². The van der Waals surface area contributed by atoms with E-state index < -0.39 is 0 Å². The van der Waals surface area contributed by atoms with Crippen LogP contribution < -0.4 is 5.32 Å². The molecule has 5 heteroatoms. The molecule has 0 bridgehead atoms. The number of ether oxygens (including phenoxy) is 1. The van der Waals surface area contributed by atoms with E-state index >= 15 is 0 Å². The summed E-state index contributed by atoms with van der Waals surface area (Å²) in [6, 6.07) is 14.4. The molecule has 0 radical (unpaired) electrons. The lowest BCUT2D eigenvalue weighted by atomic mass is 9.90. The molecule has 1 saturated heterocycles. The number of piperidine rings is 1. The zero-order valence-corrected chi connectivity index (χ0v) is 15.4. The normalized spacial score (nSPS) is 15.9. The maximum atomic E-state index is 12.0. The van der Waals surface area contributed by atoms with Crippen LogP contribution in [-0.4, -0.2) is 44.2 Å². The number of carbonyl (C=O) groups excluding carboxylic acids is 1. The molecule has 1 aliphatic heterocycles. The number of methoxy groups -OCH3 is 1. The Morgan fingerprint density at radius 3 is 2.69 bits per heavy atom. The van der Waals surface area contributed by atoms with Crippen LogP contribution in [0.4, 0.5) is 0 Å². The van der Waals surface area contributed by atoms with E-state index in [1.54, 1.807) is 13.2 Å². The van der Waals surface area contributed by atoms with Gasteiger partial charge in [-0.3, -0.25) is 9.69 Å². The molecule has 5 nitrogen and oxygen atoms in total. The minimum Gasteiger partial charge on any atom is -0.455 e. The predicted molar refractivity (Wildman–Crippen MR) is 101 cm³/mol. The van der Waals surface area contributed by atoms with Crippen LogP contribution in [0, 0.1) is 5.92 Å². The molecular weight excluding hydrogens is 328 g/mol. The van der Waals surface area contributed by atoms with Crippen LogP contribution in [-0.2, 0) is 17.7 Å². The fraction of sp³-hybridized carbons (Fsp3) is 0.476. The van der Waals surface area contributed by atoms with Crippen LogP contribution in [0.5, 0.6) is 0 Å². The first-order valence-corrected chi connectivity index (χ1v) is 9.36. The number of carbonyl (C=O) groups is 1. The average Bonchev–Trinajstić information content (AvgIpc) is 3.13. The quantitative estimate of drug-likeness (QED) is 0.739. The molecule has 1 N–H and O–H groups in total. The third kappa shape index (κ3) is 5.44. The van der Waals surface area contributed by atoms with Gasteiger partial charge in [0.25, 0.3) is 5.91 Å². The van der Waals surface area contributed by atoms with E-state index in [0.29, 0.717) is 18.9 Å². The van der Waals surface area contributed by atoms with Crippen LogP contribution in [0.2, 0.25) is 0 Å². The highest BCUT2D eigenvalue weighted by Gasteiger charge is 2.21. The van der Waals surface area contributed by atoms with Gasteiger partial charge in [-0.25, -0.2) is 0 Å². The lowest BCUT2D eigenvalue weighted by Gasteiger charge is -2.31. The molecule has 0 aliphatic carbocycles. The minimum absolute atomic E-state index is 0.185. The molecule has 1 fully saturated rings. The van der Waals surface area contributed by atoms with Crippen molar-refractivity contribution in [1.82, 2.24) is 10.2 Å². The molecule has 1 aromatic heterocycles. The zero-order valence-electron chi connectivity index (χ0n) is 15.4. The van der Waals surface area contributed by atoms with Gasteiger partial charge in [0.1, 0.15) is 5.76 Å². The van der Waals surface area contributed by atoms with Gasteiger partial charge in [0.05, 0.1) is 13.2 Å². The van der Waals surface area contributed by atoms with Crippen molar-refractivity contribution < 1.29 is 13.9 Å². The first-order chi connectivity index (χ1) is 12.7.